The van der Waals surface area contributed by atoms with Gasteiger partial charge in [-0.2, -0.15) is 5.10 Å². The topological polar surface area (TPSA) is 89.5 Å². The highest BCUT2D eigenvalue weighted by Gasteiger charge is 2.21. The maximum absolute atomic E-state index is 12.8. The van der Waals surface area contributed by atoms with Crippen LogP contribution in [0.2, 0.25) is 0 Å². The third-order valence-electron chi connectivity index (χ3n) is 7.20. The van der Waals surface area contributed by atoms with Crippen molar-refractivity contribution in [2.24, 2.45) is 5.10 Å². The van der Waals surface area contributed by atoms with Crippen LogP contribution in [0, 0.1) is 0 Å². The van der Waals surface area contributed by atoms with Gasteiger partial charge in [0.2, 0.25) is 5.91 Å². The highest BCUT2D eigenvalue weighted by Crippen LogP contribution is 2.20. The molecule has 0 aromatic carbocycles. The SMILES string of the molecule is C=C(CC)N(/N=C\CC(=O)NC1=CC=C(C(=O)NCCN(C)CCCN(C)CC)C(C)=CC1)C1CCOCC1. The molecule has 39 heavy (non-hydrogen) atoms. The molecule has 1 saturated heterocycles. The van der Waals surface area contributed by atoms with Gasteiger partial charge < -0.3 is 25.2 Å². The molecule has 1 aliphatic heterocycles. The van der Waals surface area contributed by atoms with Crippen LogP contribution in [-0.4, -0.2) is 98.9 Å². The van der Waals surface area contributed by atoms with Crippen LogP contribution in [0.25, 0.3) is 0 Å². The lowest BCUT2D eigenvalue weighted by Gasteiger charge is -2.33. The molecule has 218 valence electrons. The number of nitrogens with one attached hydrogen (secondary N) is 2. The molecule has 0 atom stereocenters. The second-order valence-corrected chi connectivity index (χ2v) is 10.3. The van der Waals surface area contributed by atoms with Gasteiger partial charge in [-0.25, -0.2) is 0 Å². The van der Waals surface area contributed by atoms with E-state index in [0.29, 0.717) is 18.5 Å². The highest BCUT2D eigenvalue weighted by molar-refractivity contribution is 5.98. The molecule has 0 aromatic rings. The number of hydrogen-bond acceptors (Lipinski definition) is 7. The lowest BCUT2D eigenvalue weighted by Crippen LogP contribution is -2.35. The predicted octanol–water partition coefficient (Wildman–Crippen LogP) is 3.43. The molecular weight excluding hydrogens is 492 g/mol. The molecule has 0 radical (unpaired) electrons. The molecule has 1 aliphatic carbocycles. The summed E-state index contributed by atoms with van der Waals surface area (Å²) in [5.41, 5.74) is 3.22. The summed E-state index contributed by atoms with van der Waals surface area (Å²) >= 11 is 0. The number of hydrogen-bond donors (Lipinski definition) is 2. The van der Waals surface area contributed by atoms with E-state index in [1.165, 1.54) is 0 Å². The van der Waals surface area contributed by atoms with Crippen molar-refractivity contribution in [1.29, 1.82) is 0 Å². The summed E-state index contributed by atoms with van der Waals surface area (Å²) in [4.78, 5) is 30.0. The van der Waals surface area contributed by atoms with E-state index in [4.69, 9.17) is 4.74 Å². The minimum Gasteiger partial charge on any atom is -0.381 e. The molecule has 0 spiro atoms. The maximum atomic E-state index is 12.8. The molecule has 2 N–H and O–H groups in total. The quantitative estimate of drug-likeness (QED) is 0.230. The normalized spacial score (nSPS) is 16.5. The van der Waals surface area contributed by atoms with Crippen molar-refractivity contribution in [3.63, 3.8) is 0 Å². The summed E-state index contributed by atoms with van der Waals surface area (Å²) in [5, 5.41) is 12.5. The van der Waals surface area contributed by atoms with Crippen LogP contribution in [0.5, 0.6) is 0 Å². The first kappa shape index (κ1) is 32.5. The van der Waals surface area contributed by atoms with Crippen LogP contribution >= 0.6 is 0 Å². The molecule has 0 unspecified atom stereocenters. The summed E-state index contributed by atoms with van der Waals surface area (Å²) in [6.07, 6.45) is 11.7. The van der Waals surface area contributed by atoms with Crippen LogP contribution in [0.3, 0.4) is 0 Å². The number of likely N-dealkylation sites (N-methyl/N-ethyl adjacent to an activating group) is 1. The van der Waals surface area contributed by atoms with Gasteiger partial charge in [-0.05, 0) is 84.1 Å². The number of allylic oxidation sites excluding steroid dienone is 4. The van der Waals surface area contributed by atoms with Crippen molar-refractivity contribution in [3.8, 4) is 0 Å². The van der Waals surface area contributed by atoms with E-state index < -0.39 is 0 Å². The zero-order valence-corrected chi connectivity index (χ0v) is 24.8. The minimum absolute atomic E-state index is 0.0943. The second-order valence-electron chi connectivity index (χ2n) is 10.3. The third kappa shape index (κ3) is 11.9. The molecule has 9 heteroatoms. The Morgan fingerprint density at radius 3 is 2.54 bits per heavy atom. The monoisotopic (exact) mass is 542 g/mol. The van der Waals surface area contributed by atoms with E-state index in [1.54, 1.807) is 12.3 Å². The summed E-state index contributed by atoms with van der Waals surface area (Å²) in [5.74, 6) is -0.234. The molecule has 9 nitrogen and oxygen atoms in total. The van der Waals surface area contributed by atoms with Gasteiger partial charge in [0, 0.05) is 55.9 Å². The lowest BCUT2D eigenvalue weighted by atomic mass is 10.1. The Bertz CT molecular complexity index is 933. The highest BCUT2D eigenvalue weighted by atomic mass is 16.5. The first-order chi connectivity index (χ1) is 18.7. The van der Waals surface area contributed by atoms with Gasteiger partial charge in [-0.15, -0.1) is 0 Å². The van der Waals surface area contributed by atoms with E-state index in [-0.39, 0.29) is 24.3 Å². The van der Waals surface area contributed by atoms with Gasteiger partial charge in [0.25, 0.3) is 5.91 Å². The largest absolute Gasteiger partial charge is 0.381 e. The fourth-order valence-corrected chi connectivity index (χ4v) is 4.41. The summed E-state index contributed by atoms with van der Waals surface area (Å²) in [6, 6.07) is 0.256. The molecule has 0 bridgehead atoms. The van der Waals surface area contributed by atoms with E-state index >= 15 is 0 Å². The Morgan fingerprint density at radius 2 is 1.85 bits per heavy atom. The van der Waals surface area contributed by atoms with Crippen molar-refractivity contribution >= 4 is 18.0 Å². The summed E-state index contributed by atoms with van der Waals surface area (Å²) in [6.45, 7) is 16.2. The van der Waals surface area contributed by atoms with Crippen molar-refractivity contribution in [2.45, 2.75) is 65.3 Å². The Labute approximate surface area is 235 Å². The Hall–Kier alpha value is -2.75. The Kier molecular flexibility index (Phi) is 14.8. The zero-order chi connectivity index (χ0) is 28.6. The van der Waals surface area contributed by atoms with Crippen molar-refractivity contribution in [1.82, 2.24) is 25.4 Å². The number of carbonyl (C=O) groups excluding carboxylic acids is 2. The maximum Gasteiger partial charge on any atom is 0.251 e. The zero-order valence-electron chi connectivity index (χ0n) is 24.8. The molecule has 0 saturated carbocycles. The van der Waals surface area contributed by atoms with E-state index in [0.717, 1.165) is 82.0 Å². The van der Waals surface area contributed by atoms with E-state index in [2.05, 4.69) is 60.1 Å². The summed E-state index contributed by atoms with van der Waals surface area (Å²) in [7, 11) is 4.21. The van der Waals surface area contributed by atoms with Crippen LogP contribution < -0.4 is 10.6 Å². The lowest BCUT2D eigenvalue weighted by molar-refractivity contribution is -0.119. The molecule has 1 heterocycles. The smallest absolute Gasteiger partial charge is 0.251 e. The predicted molar refractivity (Wildman–Crippen MR) is 159 cm³/mol. The van der Waals surface area contributed by atoms with Crippen LogP contribution in [-0.2, 0) is 14.3 Å². The van der Waals surface area contributed by atoms with Crippen LogP contribution in [0.15, 0.2) is 52.4 Å². The average Bonchev–Trinajstić information content (AvgIpc) is 3.11. The molecule has 2 rings (SSSR count). The van der Waals surface area contributed by atoms with Gasteiger partial charge in [0.05, 0.1) is 12.5 Å². The summed E-state index contributed by atoms with van der Waals surface area (Å²) < 4.78 is 5.47. The molecule has 0 aromatic heterocycles. The van der Waals surface area contributed by atoms with Crippen molar-refractivity contribution in [2.75, 3.05) is 60.0 Å². The van der Waals surface area contributed by atoms with Crippen molar-refractivity contribution in [3.05, 3.63) is 47.3 Å². The number of hydrazone groups is 1. The third-order valence-corrected chi connectivity index (χ3v) is 7.20. The fraction of sp³-hybridized carbons (Fsp3) is 0.633. The van der Waals surface area contributed by atoms with E-state index in [9.17, 15) is 9.59 Å². The minimum atomic E-state index is -0.139. The van der Waals surface area contributed by atoms with Gasteiger partial charge >= 0.3 is 0 Å². The number of amides is 2. The van der Waals surface area contributed by atoms with Crippen LogP contribution in [0.4, 0.5) is 0 Å². The molecular formula is C30H50N6O3. The molecule has 2 aliphatic rings. The number of nitrogens with zero attached hydrogens (tertiary/aromatic N) is 4. The van der Waals surface area contributed by atoms with Gasteiger partial charge in [-0.1, -0.05) is 26.5 Å². The number of rotatable bonds is 16. The Balaban J connectivity index is 1.83. The van der Waals surface area contributed by atoms with E-state index in [1.807, 2.05) is 24.1 Å². The van der Waals surface area contributed by atoms with Gasteiger partial charge in [0.15, 0.2) is 0 Å². The van der Waals surface area contributed by atoms with Crippen molar-refractivity contribution < 1.29 is 14.3 Å². The number of carbonyl (C=O) groups is 2. The Morgan fingerprint density at radius 1 is 1.13 bits per heavy atom. The average molecular weight is 543 g/mol. The standard InChI is InChI=1S/C30H50N6O3/c1-7-25(4)36(27-15-22-39-23-16-27)32-17-14-29(37)33-26-11-10-24(3)28(13-12-26)30(38)31-18-21-35(6)20-9-19-34(5)8-2/h10,12-13,17,27H,4,7-9,11,14-16,18-23H2,1-3,5-6H3,(H,31,38)(H,33,37)/b32-17-. The first-order valence-corrected chi connectivity index (χ1v) is 14.3. The first-order valence-electron chi connectivity index (χ1n) is 14.3. The molecule has 1 fully saturated rings. The van der Waals surface area contributed by atoms with Crippen LogP contribution in [0.1, 0.15) is 59.3 Å². The van der Waals surface area contributed by atoms with Gasteiger partial charge in [-0.3, -0.25) is 14.6 Å². The number of ether oxygens (including phenoxy) is 1. The molecule has 2 amide bonds. The fourth-order valence-electron chi connectivity index (χ4n) is 4.41. The van der Waals surface area contributed by atoms with Gasteiger partial charge in [0.1, 0.15) is 0 Å². The second kappa shape index (κ2) is 17.8.